The summed E-state index contributed by atoms with van der Waals surface area (Å²) in [6.07, 6.45) is 0.843. The van der Waals surface area contributed by atoms with Crippen LogP contribution in [0.25, 0.3) is 11.1 Å². The molecule has 0 radical (unpaired) electrons. The van der Waals surface area contributed by atoms with Crippen molar-refractivity contribution in [3.8, 4) is 28.4 Å². The molecule has 2 aromatic carbocycles. The molecular formula is C24H30N2O5. The van der Waals surface area contributed by atoms with E-state index in [2.05, 4.69) is 4.90 Å². The van der Waals surface area contributed by atoms with Crippen molar-refractivity contribution in [2.75, 3.05) is 58.4 Å². The van der Waals surface area contributed by atoms with E-state index in [1.807, 2.05) is 32.0 Å². The van der Waals surface area contributed by atoms with E-state index in [9.17, 15) is 4.79 Å². The van der Waals surface area contributed by atoms with Crippen LogP contribution in [-0.4, -0.2) is 63.4 Å². The van der Waals surface area contributed by atoms with Crippen LogP contribution in [0.5, 0.6) is 17.2 Å². The van der Waals surface area contributed by atoms with Crippen molar-refractivity contribution in [2.45, 2.75) is 20.3 Å². The molecule has 2 aliphatic rings. The zero-order chi connectivity index (χ0) is 21.8. The van der Waals surface area contributed by atoms with Gasteiger partial charge < -0.3 is 24.7 Å². The summed E-state index contributed by atoms with van der Waals surface area (Å²) in [5.74, 6) is 1.62. The summed E-state index contributed by atoms with van der Waals surface area (Å²) >= 11 is 0. The van der Waals surface area contributed by atoms with E-state index in [0.717, 1.165) is 44.8 Å². The maximum Gasteiger partial charge on any atom is 0.196 e. The van der Waals surface area contributed by atoms with E-state index < -0.39 is 0 Å². The molecule has 0 spiro atoms. The number of carbonyl (C=O) groups is 1. The van der Waals surface area contributed by atoms with E-state index in [0.29, 0.717) is 59.4 Å². The number of ketones is 1. The number of anilines is 1. The predicted molar refractivity (Wildman–Crippen MR) is 119 cm³/mol. The minimum atomic E-state index is -0.121. The first-order valence-corrected chi connectivity index (χ1v) is 11.0. The van der Waals surface area contributed by atoms with E-state index in [4.69, 9.17) is 24.7 Å². The second-order valence-corrected chi connectivity index (χ2v) is 7.63. The van der Waals surface area contributed by atoms with Gasteiger partial charge in [-0.05, 0) is 19.4 Å². The van der Waals surface area contributed by atoms with Crippen LogP contribution in [0.2, 0.25) is 0 Å². The number of hydrogen-bond acceptors (Lipinski definition) is 7. The van der Waals surface area contributed by atoms with Gasteiger partial charge >= 0.3 is 0 Å². The fourth-order valence-electron chi connectivity index (χ4n) is 4.08. The number of nitrogen functional groups attached to an aromatic ring is 1. The Morgan fingerprint density at radius 1 is 0.968 bits per heavy atom. The van der Waals surface area contributed by atoms with Crippen LogP contribution >= 0.6 is 0 Å². The Kier molecular flexibility index (Phi) is 6.63. The molecule has 7 nitrogen and oxygen atoms in total. The molecule has 0 aromatic heterocycles. The van der Waals surface area contributed by atoms with Crippen molar-refractivity contribution in [1.29, 1.82) is 0 Å². The Hall–Kier alpha value is -2.77. The predicted octanol–water partition coefficient (Wildman–Crippen LogP) is 3.38. The van der Waals surface area contributed by atoms with Gasteiger partial charge in [0.2, 0.25) is 0 Å². The van der Waals surface area contributed by atoms with Crippen molar-refractivity contribution in [3.63, 3.8) is 0 Å². The summed E-state index contributed by atoms with van der Waals surface area (Å²) in [7, 11) is 0. The van der Waals surface area contributed by atoms with Gasteiger partial charge in [-0.1, -0.05) is 19.1 Å². The molecule has 1 heterocycles. The molecule has 0 bridgehead atoms. The average Bonchev–Trinajstić information content (AvgIpc) is 3.10. The van der Waals surface area contributed by atoms with Gasteiger partial charge in [0.15, 0.2) is 5.78 Å². The topological polar surface area (TPSA) is 83.2 Å². The second-order valence-electron chi connectivity index (χ2n) is 7.63. The third-order valence-electron chi connectivity index (χ3n) is 5.57. The van der Waals surface area contributed by atoms with Crippen LogP contribution in [0, 0.1) is 0 Å². The molecule has 7 heteroatoms. The molecule has 2 N–H and O–H groups in total. The number of nitrogens with two attached hydrogens (primary N) is 1. The van der Waals surface area contributed by atoms with Gasteiger partial charge in [-0.3, -0.25) is 9.69 Å². The second kappa shape index (κ2) is 9.58. The lowest BCUT2D eigenvalue weighted by Gasteiger charge is -2.26. The summed E-state index contributed by atoms with van der Waals surface area (Å²) in [5, 5.41) is 0. The molecule has 4 rings (SSSR count). The highest BCUT2D eigenvalue weighted by Crippen LogP contribution is 2.51. The minimum Gasteiger partial charge on any atom is -0.493 e. The minimum absolute atomic E-state index is 0.121. The summed E-state index contributed by atoms with van der Waals surface area (Å²) < 4.78 is 23.3. The first kappa shape index (κ1) is 21.5. The molecule has 166 valence electrons. The first-order chi connectivity index (χ1) is 15.2. The lowest BCUT2D eigenvalue weighted by Crippen LogP contribution is -2.38. The number of rotatable bonds is 9. The molecule has 0 atom stereocenters. The number of ether oxygens (including phenoxy) is 4. The highest BCUT2D eigenvalue weighted by atomic mass is 16.5. The lowest BCUT2D eigenvalue weighted by molar-refractivity contribution is 0.0323. The Labute approximate surface area is 183 Å². The van der Waals surface area contributed by atoms with Gasteiger partial charge in [-0.2, -0.15) is 0 Å². The van der Waals surface area contributed by atoms with E-state index >= 15 is 0 Å². The van der Waals surface area contributed by atoms with Crippen molar-refractivity contribution in [1.82, 2.24) is 4.90 Å². The van der Waals surface area contributed by atoms with Gasteiger partial charge in [0.05, 0.1) is 37.7 Å². The van der Waals surface area contributed by atoms with Crippen LogP contribution in [0.4, 0.5) is 5.69 Å². The quantitative estimate of drug-likeness (QED) is 0.525. The maximum absolute atomic E-state index is 13.3. The normalized spacial score (nSPS) is 15.5. The number of nitrogens with zero attached hydrogens (tertiary/aromatic N) is 1. The Morgan fingerprint density at radius 3 is 2.48 bits per heavy atom. The molecule has 1 fully saturated rings. The average molecular weight is 427 g/mol. The number of benzene rings is 2. The standard InChI is InChI=1S/C24H30N2O5/c1-3-11-30-19-15-18(29-4-2)21-20-16(24(27)22(21)23(19)25)6-5-7-17(20)31-14-10-26-8-12-28-13-9-26/h5-7,15H,3-4,8-14,25H2,1-2H3. The molecule has 0 saturated carbocycles. The first-order valence-electron chi connectivity index (χ1n) is 11.0. The molecule has 1 saturated heterocycles. The van der Waals surface area contributed by atoms with Gasteiger partial charge in [-0.25, -0.2) is 0 Å². The SMILES string of the molecule is CCCOc1cc(OCC)c2c(c1N)C(=O)c1cccc(OCCN3CCOCC3)c1-2. The molecule has 1 aliphatic heterocycles. The van der Waals surface area contributed by atoms with Crippen LogP contribution in [0.3, 0.4) is 0 Å². The van der Waals surface area contributed by atoms with Crippen LogP contribution in [0.15, 0.2) is 24.3 Å². The van der Waals surface area contributed by atoms with Crippen molar-refractivity contribution >= 4 is 11.5 Å². The highest BCUT2D eigenvalue weighted by molar-refractivity contribution is 6.26. The zero-order valence-corrected chi connectivity index (χ0v) is 18.2. The Bertz CT molecular complexity index is 953. The summed E-state index contributed by atoms with van der Waals surface area (Å²) in [6.45, 7) is 9.57. The Balaban J connectivity index is 1.68. The molecule has 1 aliphatic carbocycles. The molecule has 2 aromatic rings. The van der Waals surface area contributed by atoms with Crippen LogP contribution in [0.1, 0.15) is 36.2 Å². The van der Waals surface area contributed by atoms with Gasteiger partial charge in [0.25, 0.3) is 0 Å². The fourth-order valence-corrected chi connectivity index (χ4v) is 4.08. The summed E-state index contributed by atoms with van der Waals surface area (Å²) in [5.41, 5.74) is 9.23. The number of hydrogen-bond donors (Lipinski definition) is 1. The number of morpholine rings is 1. The summed E-state index contributed by atoms with van der Waals surface area (Å²) in [4.78, 5) is 15.6. The van der Waals surface area contributed by atoms with Gasteiger partial charge in [0.1, 0.15) is 23.9 Å². The highest BCUT2D eigenvalue weighted by Gasteiger charge is 2.36. The van der Waals surface area contributed by atoms with E-state index in [-0.39, 0.29) is 5.78 Å². The lowest BCUT2D eigenvalue weighted by atomic mass is 10.0. The van der Waals surface area contributed by atoms with Crippen LogP contribution < -0.4 is 19.9 Å². The molecule has 0 amide bonds. The van der Waals surface area contributed by atoms with Gasteiger partial charge in [-0.15, -0.1) is 0 Å². The zero-order valence-electron chi connectivity index (χ0n) is 18.2. The maximum atomic E-state index is 13.3. The smallest absolute Gasteiger partial charge is 0.196 e. The van der Waals surface area contributed by atoms with Crippen molar-refractivity contribution in [3.05, 3.63) is 35.4 Å². The largest absolute Gasteiger partial charge is 0.493 e. The third-order valence-corrected chi connectivity index (χ3v) is 5.57. The molecule has 0 unspecified atom stereocenters. The number of fused-ring (bicyclic) bond motifs is 3. The monoisotopic (exact) mass is 426 g/mol. The molecule has 31 heavy (non-hydrogen) atoms. The van der Waals surface area contributed by atoms with E-state index in [1.54, 1.807) is 6.07 Å². The van der Waals surface area contributed by atoms with Crippen molar-refractivity contribution < 1.29 is 23.7 Å². The van der Waals surface area contributed by atoms with Crippen LogP contribution in [-0.2, 0) is 4.74 Å². The third kappa shape index (κ3) is 4.20. The van der Waals surface area contributed by atoms with Gasteiger partial charge in [0, 0.05) is 42.4 Å². The number of carbonyl (C=O) groups excluding carboxylic acids is 1. The van der Waals surface area contributed by atoms with Crippen molar-refractivity contribution in [2.24, 2.45) is 0 Å². The molecular weight excluding hydrogens is 396 g/mol. The van der Waals surface area contributed by atoms with E-state index in [1.165, 1.54) is 0 Å². The Morgan fingerprint density at radius 2 is 1.74 bits per heavy atom. The fraction of sp³-hybridized carbons (Fsp3) is 0.458. The summed E-state index contributed by atoms with van der Waals surface area (Å²) in [6, 6.07) is 7.35.